The molecule has 0 aromatic carbocycles. The number of hydrogen-bond acceptors (Lipinski definition) is 8. The summed E-state index contributed by atoms with van der Waals surface area (Å²) in [5.41, 5.74) is -0.152. The van der Waals surface area contributed by atoms with Gasteiger partial charge in [0.1, 0.15) is 22.9 Å². The summed E-state index contributed by atoms with van der Waals surface area (Å²) < 4.78 is 11.2. The number of nitrogens with zero attached hydrogens (tertiary/aromatic N) is 3. The molecule has 1 aliphatic rings. The minimum Gasteiger partial charge on any atom is -0.456 e. The predicted octanol–water partition coefficient (Wildman–Crippen LogP) is 4.31. The number of imide groups is 1. The molecule has 10 heteroatoms. The number of aromatic nitrogens is 3. The van der Waals surface area contributed by atoms with E-state index in [0.29, 0.717) is 24.3 Å². The van der Waals surface area contributed by atoms with Gasteiger partial charge in [0, 0.05) is 25.6 Å². The van der Waals surface area contributed by atoms with Gasteiger partial charge in [-0.15, -0.1) is 11.3 Å². The van der Waals surface area contributed by atoms with Crippen LogP contribution in [0.3, 0.4) is 0 Å². The third-order valence-electron chi connectivity index (χ3n) is 5.26. The molecule has 0 aliphatic heterocycles. The molecule has 1 fully saturated rings. The van der Waals surface area contributed by atoms with Crippen LogP contribution in [0, 0.1) is 6.92 Å². The van der Waals surface area contributed by atoms with E-state index in [9.17, 15) is 9.59 Å². The van der Waals surface area contributed by atoms with Gasteiger partial charge in [0.05, 0.1) is 21.8 Å². The molecular formula is C22H23N5O4S. The molecule has 0 spiro atoms. The number of rotatable bonds is 6. The van der Waals surface area contributed by atoms with Crippen molar-refractivity contribution in [3.05, 3.63) is 47.9 Å². The van der Waals surface area contributed by atoms with E-state index >= 15 is 0 Å². The quantitative estimate of drug-likeness (QED) is 0.571. The van der Waals surface area contributed by atoms with Crippen molar-refractivity contribution in [1.29, 1.82) is 0 Å². The van der Waals surface area contributed by atoms with Crippen molar-refractivity contribution < 1.29 is 19.1 Å². The van der Waals surface area contributed by atoms with Gasteiger partial charge in [0.25, 0.3) is 5.91 Å². The zero-order valence-corrected chi connectivity index (χ0v) is 18.6. The molecule has 9 nitrogen and oxygen atoms in total. The van der Waals surface area contributed by atoms with Crippen molar-refractivity contribution in [1.82, 2.24) is 20.3 Å². The van der Waals surface area contributed by atoms with Crippen molar-refractivity contribution in [2.75, 3.05) is 12.4 Å². The SMILES string of the molecule is COC1(C(=O)NC(=O)Nc2ccc(Oc3ccnc(-c4cnc(C)s4)c3)cn2)CCCC1. The van der Waals surface area contributed by atoms with Gasteiger partial charge in [-0.3, -0.25) is 20.4 Å². The highest BCUT2D eigenvalue weighted by atomic mass is 32.1. The maximum absolute atomic E-state index is 12.4. The lowest BCUT2D eigenvalue weighted by molar-refractivity contribution is -0.141. The third kappa shape index (κ3) is 4.92. The summed E-state index contributed by atoms with van der Waals surface area (Å²) in [7, 11) is 1.49. The second kappa shape index (κ2) is 9.41. The Kier molecular flexibility index (Phi) is 6.42. The van der Waals surface area contributed by atoms with Crippen molar-refractivity contribution in [2.45, 2.75) is 38.2 Å². The Morgan fingerprint density at radius 3 is 2.53 bits per heavy atom. The standard InChI is InChI=1S/C22H23N5O4S/c1-14-24-13-18(32-14)17-11-15(7-10-23-17)31-16-5-6-19(25-12-16)26-21(29)27-20(28)22(30-2)8-3-4-9-22/h5-7,10-13H,3-4,8-9H2,1-2H3,(H2,25,26,27,28,29). The Labute approximate surface area is 189 Å². The van der Waals surface area contributed by atoms with Crippen molar-refractivity contribution in [3.63, 3.8) is 0 Å². The summed E-state index contributed by atoms with van der Waals surface area (Å²) >= 11 is 1.56. The summed E-state index contributed by atoms with van der Waals surface area (Å²) in [6.45, 7) is 1.94. The fourth-order valence-electron chi connectivity index (χ4n) is 3.57. The maximum atomic E-state index is 12.4. The zero-order valence-electron chi connectivity index (χ0n) is 17.8. The zero-order chi connectivity index (χ0) is 22.6. The highest BCUT2D eigenvalue weighted by Crippen LogP contribution is 2.33. The van der Waals surface area contributed by atoms with Gasteiger partial charge in [-0.05, 0) is 50.8 Å². The first-order valence-corrected chi connectivity index (χ1v) is 11.0. The number of carbonyl (C=O) groups excluding carboxylic acids is 2. The number of aryl methyl sites for hydroxylation is 1. The van der Waals surface area contributed by atoms with E-state index in [0.717, 1.165) is 28.4 Å². The topological polar surface area (TPSA) is 115 Å². The lowest BCUT2D eigenvalue weighted by Crippen LogP contribution is -2.49. The fourth-order valence-corrected chi connectivity index (χ4v) is 4.32. The Hall–Kier alpha value is -3.37. The molecule has 0 unspecified atom stereocenters. The highest BCUT2D eigenvalue weighted by molar-refractivity contribution is 7.15. The molecule has 3 amide bonds. The van der Waals surface area contributed by atoms with Crippen molar-refractivity contribution in [2.24, 2.45) is 0 Å². The molecule has 1 saturated carbocycles. The second-order valence-electron chi connectivity index (χ2n) is 7.42. The molecule has 3 aromatic rings. The average Bonchev–Trinajstić information content (AvgIpc) is 3.45. The van der Waals surface area contributed by atoms with Gasteiger partial charge in [0.2, 0.25) is 0 Å². The number of carbonyl (C=O) groups is 2. The van der Waals surface area contributed by atoms with Crippen LogP contribution >= 0.6 is 11.3 Å². The van der Waals surface area contributed by atoms with Gasteiger partial charge in [-0.25, -0.2) is 14.8 Å². The number of thiazole rings is 1. The summed E-state index contributed by atoms with van der Waals surface area (Å²) in [6.07, 6.45) is 7.94. The van der Waals surface area contributed by atoms with E-state index in [1.54, 1.807) is 41.9 Å². The van der Waals surface area contributed by atoms with E-state index in [2.05, 4.69) is 25.6 Å². The molecule has 0 bridgehead atoms. The molecule has 2 N–H and O–H groups in total. The first kappa shape index (κ1) is 21.8. The van der Waals surface area contributed by atoms with Gasteiger partial charge in [0.15, 0.2) is 0 Å². The fraction of sp³-hybridized carbons (Fsp3) is 0.318. The molecule has 1 aliphatic carbocycles. The smallest absolute Gasteiger partial charge is 0.327 e. The highest BCUT2D eigenvalue weighted by Gasteiger charge is 2.42. The predicted molar refractivity (Wildman–Crippen MR) is 120 cm³/mol. The maximum Gasteiger partial charge on any atom is 0.327 e. The lowest BCUT2D eigenvalue weighted by Gasteiger charge is -2.25. The Morgan fingerprint density at radius 1 is 1.06 bits per heavy atom. The van der Waals surface area contributed by atoms with Gasteiger partial charge < -0.3 is 9.47 Å². The normalized spacial score (nSPS) is 14.7. The Balaban J connectivity index is 1.35. The Morgan fingerprint density at radius 2 is 1.88 bits per heavy atom. The van der Waals surface area contributed by atoms with Crippen LogP contribution in [-0.2, 0) is 9.53 Å². The van der Waals surface area contributed by atoms with Crippen LogP contribution < -0.4 is 15.4 Å². The molecule has 0 saturated heterocycles. The van der Waals surface area contributed by atoms with Gasteiger partial charge >= 0.3 is 6.03 Å². The summed E-state index contributed by atoms with van der Waals surface area (Å²) in [4.78, 5) is 38.4. The molecule has 0 radical (unpaired) electrons. The number of methoxy groups -OCH3 is 1. The van der Waals surface area contributed by atoms with Crippen LogP contribution in [0.1, 0.15) is 30.7 Å². The lowest BCUT2D eigenvalue weighted by atomic mass is 10.0. The first-order chi connectivity index (χ1) is 15.5. The molecule has 32 heavy (non-hydrogen) atoms. The number of hydrogen-bond donors (Lipinski definition) is 2. The Bertz CT molecular complexity index is 1110. The third-order valence-corrected chi connectivity index (χ3v) is 6.20. The molecule has 3 aromatic heterocycles. The van der Waals surface area contributed by atoms with Crippen LogP contribution in [0.25, 0.3) is 10.6 Å². The van der Waals surface area contributed by atoms with Crippen LogP contribution in [0.4, 0.5) is 10.6 Å². The van der Waals surface area contributed by atoms with Gasteiger partial charge in [-0.2, -0.15) is 0 Å². The summed E-state index contributed by atoms with van der Waals surface area (Å²) in [5.74, 6) is 0.956. The minimum atomic E-state index is -0.927. The van der Waals surface area contributed by atoms with Crippen LogP contribution in [0.2, 0.25) is 0 Å². The summed E-state index contributed by atoms with van der Waals surface area (Å²) in [6, 6.07) is 6.19. The van der Waals surface area contributed by atoms with E-state index in [1.165, 1.54) is 13.3 Å². The molecule has 4 rings (SSSR count). The first-order valence-electron chi connectivity index (χ1n) is 10.2. The van der Waals surface area contributed by atoms with E-state index in [1.807, 2.05) is 13.0 Å². The number of urea groups is 1. The minimum absolute atomic E-state index is 0.288. The monoisotopic (exact) mass is 453 g/mol. The van der Waals surface area contributed by atoms with E-state index < -0.39 is 17.5 Å². The molecule has 166 valence electrons. The van der Waals surface area contributed by atoms with Crippen LogP contribution in [0.15, 0.2) is 42.9 Å². The van der Waals surface area contributed by atoms with Crippen LogP contribution in [-0.4, -0.2) is 39.6 Å². The number of ether oxygens (including phenoxy) is 2. The van der Waals surface area contributed by atoms with Gasteiger partial charge in [-0.1, -0.05) is 0 Å². The average molecular weight is 454 g/mol. The molecule has 3 heterocycles. The van der Waals surface area contributed by atoms with E-state index in [-0.39, 0.29) is 5.82 Å². The van der Waals surface area contributed by atoms with Crippen LogP contribution in [0.5, 0.6) is 11.5 Å². The number of pyridine rings is 2. The largest absolute Gasteiger partial charge is 0.456 e. The summed E-state index contributed by atoms with van der Waals surface area (Å²) in [5, 5.41) is 5.86. The molecule has 0 atom stereocenters. The number of nitrogens with one attached hydrogen (secondary N) is 2. The van der Waals surface area contributed by atoms with Crippen molar-refractivity contribution >= 4 is 29.1 Å². The number of amides is 3. The van der Waals surface area contributed by atoms with Crippen molar-refractivity contribution in [3.8, 4) is 22.1 Å². The number of anilines is 1. The second-order valence-corrected chi connectivity index (χ2v) is 8.65. The van der Waals surface area contributed by atoms with E-state index in [4.69, 9.17) is 9.47 Å². The molecular weight excluding hydrogens is 430 g/mol.